The zero-order chi connectivity index (χ0) is 16.5. The Morgan fingerprint density at radius 3 is 2.65 bits per heavy atom. The van der Waals surface area contributed by atoms with Crippen molar-refractivity contribution in [2.24, 2.45) is 0 Å². The van der Waals surface area contributed by atoms with Crippen molar-refractivity contribution >= 4 is 22.0 Å². The van der Waals surface area contributed by atoms with Gasteiger partial charge in [-0.15, -0.1) is 0 Å². The fraction of sp³-hybridized carbons (Fsp3) is 0.611. The molecule has 0 heterocycles. The van der Waals surface area contributed by atoms with Crippen molar-refractivity contribution in [3.63, 3.8) is 0 Å². The first-order valence-electron chi connectivity index (χ1n) is 8.50. The average molecular weight is 383 g/mol. The Kier molecular flexibility index (Phi) is 7.89. The smallest absolute Gasteiger partial charge is 0.317 e. The van der Waals surface area contributed by atoms with Crippen LogP contribution in [0.5, 0.6) is 0 Å². The first kappa shape index (κ1) is 18.3. The second kappa shape index (κ2) is 9.93. The Balaban J connectivity index is 1.57. The first-order chi connectivity index (χ1) is 11.1. The molecule has 1 N–H and O–H groups in total. The number of carbonyl (C=O) groups is 1. The summed E-state index contributed by atoms with van der Waals surface area (Å²) < 4.78 is 6.91. The van der Waals surface area contributed by atoms with Crippen LogP contribution in [0.1, 0.15) is 44.1 Å². The van der Waals surface area contributed by atoms with Crippen LogP contribution < -0.4 is 5.32 Å². The number of carbonyl (C=O) groups excluding carboxylic acids is 1. The number of benzene rings is 1. The Bertz CT molecular complexity index is 472. The largest absolute Gasteiger partial charge is 0.378 e. The maximum atomic E-state index is 12.0. The van der Waals surface area contributed by atoms with Crippen LogP contribution in [0.4, 0.5) is 4.79 Å². The molecule has 4 nitrogen and oxygen atoms in total. The van der Waals surface area contributed by atoms with Crippen LogP contribution in [0.2, 0.25) is 0 Å². The minimum atomic E-state index is -0.0365. The summed E-state index contributed by atoms with van der Waals surface area (Å²) in [6, 6.07) is 7.98. The van der Waals surface area contributed by atoms with Gasteiger partial charge in [0.2, 0.25) is 0 Å². The number of urea groups is 1. The van der Waals surface area contributed by atoms with Crippen molar-refractivity contribution in [2.45, 2.75) is 51.2 Å². The van der Waals surface area contributed by atoms with E-state index in [-0.39, 0.29) is 6.03 Å². The summed E-state index contributed by atoms with van der Waals surface area (Å²) in [7, 11) is 1.82. The molecule has 2 amide bonds. The summed E-state index contributed by atoms with van der Waals surface area (Å²) in [5.41, 5.74) is 1.12. The van der Waals surface area contributed by atoms with E-state index in [0.717, 1.165) is 23.1 Å². The standard InChI is InChI=1S/C18H27BrN2O2/c1-21(14-15-8-10-16(19)11-9-15)18(22)20-12-5-13-23-17-6-3-2-4-7-17/h8-11,17H,2-7,12-14H2,1H3,(H,20,22). The molecule has 1 saturated carbocycles. The van der Waals surface area contributed by atoms with Crippen LogP contribution >= 0.6 is 15.9 Å². The number of rotatable bonds is 7. The number of amides is 2. The monoisotopic (exact) mass is 382 g/mol. The molecule has 1 aliphatic rings. The van der Waals surface area contributed by atoms with E-state index >= 15 is 0 Å². The van der Waals surface area contributed by atoms with E-state index in [1.807, 2.05) is 31.3 Å². The van der Waals surface area contributed by atoms with Gasteiger partial charge < -0.3 is 15.0 Å². The fourth-order valence-corrected chi connectivity index (χ4v) is 3.08. The van der Waals surface area contributed by atoms with E-state index in [0.29, 0.717) is 19.2 Å². The van der Waals surface area contributed by atoms with Gasteiger partial charge in [0.15, 0.2) is 0 Å². The van der Waals surface area contributed by atoms with Crippen LogP contribution in [0.25, 0.3) is 0 Å². The van der Waals surface area contributed by atoms with E-state index in [4.69, 9.17) is 4.74 Å². The van der Waals surface area contributed by atoms with Crippen LogP contribution in [-0.2, 0) is 11.3 Å². The van der Waals surface area contributed by atoms with Gasteiger partial charge in [0.25, 0.3) is 0 Å². The van der Waals surface area contributed by atoms with Crippen LogP contribution in [0.15, 0.2) is 28.7 Å². The van der Waals surface area contributed by atoms with E-state index in [1.54, 1.807) is 4.90 Å². The molecule has 0 aliphatic heterocycles. The second-order valence-electron chi connectivity index (χ2n) is 6.20. The molecule has 128 valence electrons. The van der Waals surface area contributed by atoms with Crippen molar-refractivity contribution in [1.82, 2.24) is 10.2 Å². The predicted octanol–water partition coefficient (Wildman–Crippen LogP) is 4.33. The molecule has 0 radical (unpaired) electrons. The van der Waals surface area contributed by atoms with Crippen molar-refractivity contribution < 1.29 is 9.53 Å². The van der Waals surface area contributed by atoms with Crippen molar-refractivity contribution in [2.75, 3.05) is 20.2 Å². The van der Waals surface area contributed by atoms with E-state index < -0.39 is 0 Å². The molecular formula is C18H27BrN2O2. The minimum Gasteiger partial charge on any atom is -0.378 e. The molecule has 0 bridgehead atoms. The van der Waals surface area contributed by atoms with Gasteiger partial charge in [-0.05, 0) is 37.0 Å². The van der Waals surface area contributed by atoms with E-state index in [2.05, 4.69) is 21.2 Å². The SMILES string of the molecule is CN(Cc1ccc(Br)cc1)C(=O)NCCCOC1CCCCC1. The Hall–Kier alpha value is -1.07. The summed E-state index contributed by atoms with van der Waals surface area (Å²) >= 11 is 3.41. The quantitative estimate of drug-likeness (QED) is 0.712. The molecule has 0 saturated heterocycles. The van der Waals surface area contributed by atoms with Gasteiger partial charge in [-0.2, -0.15) is 0 Å². The molecule has 1 aromatic carbocycles. The second-order valence-corrected chi connectivity index (χ2v) is 7.11. The van der Waals surface area contributed by atoms with Crippen molar-refractivity contribution in [3.8, 4) is 0 Å². The maximum absolute atomic E-state index is 12.0. The van der Waals surface area contributed by atoms with Crippen molar-refractivity contribution in [1.29, 1.82) is 0 Å². The zero-order valence-corrected chi connectivity index (χ0v) is 15.5. The highest BCUT2D eigenvalue weighted by Gasteiger charge is 2.13. The molecule has 0 unspecified atom stereocenters. The number of nitrogens with one attached hydrogen (secondary N) is 1. The molecule has 2 rings (SSSR count). The highest BCUT2D eigenvalue weighted by molar-refractivity contribution is 9.10. The third-order valence-electron chi connectivity index (χ3n) is 4.18. The summed E-state index contributed by atoms with van der Waals surface area (Å²) in [6.07, 6.45) is 7.64. The highest BCUT2D eigenvalue weighted by atomic mass is 79.9. The molecule has 0 atom stereocenters. The number of hydrogen-bond acceptors (Lipinski definition) is 2. The zero-order valence-electron chi connectivity index (χ0n) is 13.9. The number of halogens is 1. The van der Waals surface area contributed by atoms with E-state index in [1.165, 1.54) is 32.1 Å². The molecule has 1 fully saturated rings. The summed E-state index contributed by atoms with van der Waals surface area (Å²) in [5.74, 6) is 0. The topological polar surface area (TPSA) is 41.6 Å². The predicted molar refractivity (Wildman–Crippen MR) is 96.4 cm³/mol. The molecule has 5 heteroatoms. The summed E-state index contributed by atoms with van der Waals surface area (Å²) in [6.45, 7) is 2.01. The lowest BCUT2D eigenvalue weighted by Gasteiger charge is -2.22. The highest BCUT2D eigenvalue weighted by Crippen LogP contribution is 2.20. The Labute approximate surface area is 147 Å². The lowest BCUT2D eigenvalue weighted by Crippen LogP contribution is -2.37. The maximum Gasteiger partial charge on any atom is 0.317 e. The molecular weight excluding hydrogens is 356 g/mol. The molecule has 0 spiro atoms. The van der Waals surface area contributed by atoms with Crippen LogP contribution in [0, 0.1) is 0 Å². The van der Waals surface area contributed by atoms with Crippen molar-refractivity contribution in [3.05, 3.63) is 34.3 Å². The average Bonchev–Trinajstić information content (AvgIpc) is 2.57. The Morgan fingerprint density at radius 2 is 1.96 bits per heavy atom. The molecule has 0 aromatic heterocycles. The van der Waals surface area contributed by atoms with Gasteiger partial charge in [0.1, 0.15) is 0 Å². The molecule has 1 aromatic rings. The fourth-order valence-electron chi connectivity index (χ4n) is 2.82. The number of nitrogens with zero attached hydrogens (tertiary/aromatic N) is 1. The number of ether oxygens (including phenoxy) is 1. The minimum absolute atomic E-state index is 0.0365. The third kappa shape index (κ3) is 6.92. The normalized spacial score (nSPS) is 15.4. The molecule has 1 aliphatic carbocycles. The van der Waals surface area contributed by atoms with Gasteiger partial charge in [-0.25, -0.2) is 4.79 Å². The van der Waals surface area contributed by atoms with Gasteiger partial charge in [0, 0.05) is 31.2 Å². The Morgan fingerprint density at radius 1 is 1.26 bits per heavy atom. The van der Waals surface area contributed by atoms with Gasteiger partial charge in [0.05, 0.1) is 6.10 Å². The number of hydrogen-bond donors (Lipinski definition) is 1. The van der Waals surface area contributed by atoms with E-state index in [9.17, 15) is 4.79 Å². The van der Waals surface area contributed by atoms with Gasteiger partial charge in [-0.3, -0.25) is 0 Å². The summed E-state index contributed by atoms with van der Waals surface area (Å²) in [5, 5.41) is 2.95. The molecule has 23 heavy (non-hydrogen) atoms. The third-order valence-corrected chi connectivity index (χ3v) is 4.71. The first-order valence-corrected chi connectivity index (χ1v) is 9.29. The van der Waals surface area contributed by atoms with Crippen LogP contribution in [-0.4, -0.2) is 37.2 Å². The lowest BCUT2D eigenvalue weighted by atomic mass is 9.98. The lowest BCUT2D eigenvalue weighted by molar-refractivity contribution is 0.0275. The summed E-state index contributed by atoms with van der Waals surface area (Å²) in [4.78, 5) is 13.7. The van der Waals surface area contributed by atoms with Gasteiger partial charge >= 0.3 is 6.03 Å². The van der Waals surface area contributed by atoms with Crippen LogP contribution in [0.3, 0.4) is 0 Å². The van der Waals surface area contributed by atoms with Gasteiger partial charge in [-0.1, -0.05) is 47.3 Å².